The lowest BCUT2D eigenvalue weighted by Crippen LogP contribution is -2.15. The summed E-state index contributed by atoms with van der Waals surface area (Å²) in [4.78, 5) is -0.210. The number of rotatable bonds is 10. The lowest BCUT2D eigenvalue weighted by Gasteiger charge is -2.28. The van der Waals surface area contributed by atoms with E-state index < -0.39 is 7.60 Å². The first-order chi connectivity index (χ1) is 12.1. The first-order valence-corrected chi connectivity index (χ1v) is 11.6. The largest absolute Gasteiger partial charge is 0.343 e. The molecule has 0 aliphatic rings. The molecule has 136 valence electrons. The minimum atomic E-state index is -3.16. The van der Waals surface area contributed by atoms with Crippen molar-refractivity contribution < 1.29 is 13.6 Å². The van der Waals surface area contributed by atoms with Crippen LogP contribution in [0, 0.1) is 0 Å². The van der Waals surface area contributed by atoms with Gasteiger partial charge in [-0.2, -0.15) is 0 Å². The van der Waals surface area contributed by atoms with Gasteiger partial charge in [0, 0.05) is 5.92 Å². The van der Waals surface area contributed by atoms with E-state index in [0.717, 1.165) is 0 Å². The highest BCUT2D eigenvalue weighted by atomic mass is 32.2. The SMILES string of the molecule is CCOP(=O)(OCC)C(CC(c1ccccc1)c1ccccc1)SC. The monoisotopic (exact) mass is 378 g/mol. The molecule has 2 rings (SSSR count). The van der Waals surface area contributed by atoms with Crippen molar-refractivity contribution in [2.45, 2.75) is 31.2 Å². The van der Waals surface area contributed by atoms with E-state index in [-0.39, 0.29) is 10.9 Å². The third-order valence-corrected chi connectivity index (χ3v) is 8.38. The molecule has 0 spiro atoms. The molecule has 0 aromatic heterocycles. The van der Waals surface area contributed by atoms with Gasteiger partial charge in [-0.15, -0.1) is 11.8 Å². The van der Waals surface area contributed by atoms with E-state index in [1.807, 2.05) is 56.5 Å². The Morgan fingerprint density at radius 1 is 0.880 bits per heavy atom. The van der Waals surface area contributed by atoms with Crippen molar-refractivity contribution in [3.8, 4) is 0 Å². The lowest BCUT2D eigenvalue weighted by molar-refractivity contribution is 0.217. The fourth-order valence-electron chi connectivity index (χ4n) is 2.95. The van der Waals surface area contributed by atoms with Crippen molar-refractivity contribution in [3.63, 3.8) is 0 Å². The van der Waals surface area contributed by atoms with Gasteiger partial charge < -0.3 is 9.05 Å². The van der Waals surface area contributed by atoms with Crippen molar-refractivity contribution in [2.24, 2.45) is 0 Å². The third-order valence-electron chi connectivity index (χ3n) is 4.08. The van der Waals surface area contributed by atoms with Crippen LogP contribution in [0.1, 0.15) is 37.3 Å². The Morgan fingerprint density at radius 2 is 1.32 bits per heavy atom. The summed E-state index contributed by atoms with van der Waals surface area (Å²) in [5.74, 6) is 0.147. The zero-order valence-electron chi connectivity index (χ0n) is 15.1. The van der Waals surface area contributed by atoms with Crippen LogP contribution in [0.3, 0.4) is 0 Å². The van der Waals surface area contributed by atoms with Crippen LogP contribution >= 0.6 is 19.4 Å². The third kappa shape index (κ3) is 5.46. The zero-order chi connectivity index (χ0) is 18.1. The van der Waals surface area contributed by atoms with Crippen LogP contribution < -0.4 is 0 Å². The molecule has 0 bridgehead atoms. The molecule has 1 unspecified atom stereocenters. The molecule has 0 saturated carbocycles. The molecule has 0 aliphatic heterocycles. The van der Waals surface area contributed by atoms with Crippen LogP contribution in [0.2, 0.25) is 0 Å². The van der Waals surface area contributed by atoms with Crippen molar-refractivity contribution in [3.05, 3.63) is 71.8 Å². The summed E-state index contributed by atoms with van der Waals surface area (Å²) in [6, 6.07) is 20.7. The summed E-state index contributed by atoms with van der Waals surface area (Å²) in [6.07, 6.45) is 2.68. The van der Waals surface area contributed by atoms with Gasteiger partial charge in [-0.25, -0.2) is 0 Å². The molecule has 0 aliphatic carbocycles. The molecule has 0 saturated heterocycles. The maximum Gasteiger partial charge on any atom is 0.343 e. The Hall–Kier alpha value is -1.06. The molecular formula is C20H27O3PS. The van der Waals surface area contributed by atoms with Gasteiger partial charge in [0.2, 0.25) is 0 Å². The first kappa shape index (κ1) is 20.3. The summed E-state index contributed by atoms with van der Waals surface area (Å²) >= 11 is 1.56. The fourth-order valence-corrected chi connectivity index (χ4v) is 6.33. The maximum atomic E-state index is 13.3. The Bertz CT molecular complexity index is 614. The summed E-state index contributed by atoms with van der Waals surface area (Å²) < 4.78 is 24.5. The van der Waals surface area contributed by atoms with E-state index in [9.17, 15) is 4.57 Å². The molecule has 0 heterocycles. The van der Waals surface area contributed by atoms with Crippen molar-refractivity contribution in [1.82, 2.24) is 0 Å². The second-order valence-corrected chi connectivity index (χ2v) is 9.28. The van der Waals surface area contributed by atoms with Crippen molar-refractivity contribution >= 4 is 19.4 Å². The molecule has 0 fully saturated rings. The predicted molar refractivity (Wildman–Crippen MR) is 108 cm³/mol. The second-order valence-electron chi connectivity index (χ2n) is 5.68. The Labute approximate surface area is 155 Å². The van der Waals surface area contributed by atoms with Gasteiger partial charge in [-0.1, -0.05) is 60.7 Å². The van der Waals surface area contributed by atoms with E-state index in [1.54, 1.807) is 11.8 Å². The van der Waals surface area contributed by atoms with Gasteiger partial charge in [0.05, 0.1) is 13.2 Å². The molecule has 5 heteroatoms. The van der Waals surface area contributed by atoms with E-state index in [0.29, 0.717) is 19.6 Å². The second kappa shape index (κ2) is 10.2. The van der Waals surface area contributed by atoms with E-state index in [4.69, 9.17) is 9.05 Å². The Kier molecular flexibility index (Phi) is 8.25. The highest BCUT2D eigenvalue weighted by Gasteiger charge is 2.37. The maximum absolute atomic E-state index is 13.3. The van der Waals surface area contributed by atoms with Crippen LogP contribution in [0.5, 0.6) is 0 Å². The number of hydrogen-bond acceptors (Lipinski definition) is 4. The smallest absolute Gasteiger partial charge is 0.308 e. The highest BCUT2D eigenvalue weighted by molar-refractivity contribution is 8.04. The predicted octanol–water partition coefficient (Wildman–Crippen LogP) is 6.16. The van der Waals surface area contributed by atoms with Gasteiger partial charge in [0.15, 0.2) is 0 Å². The summed E-state index contributed by atoms with van der Waals surface area (Å²) in [5, 5.41) is 0. The van der Waals surface area contributed by atoms with Crippen LogP contribution in [-0.4, -0.2) is 24.5 Å². The molecule has 0 N–H and O–H groups in total. The first-order valence-electron chi connectivity index (χ1n) is 8.66. The minimum absolute atomic E-state index is 0.147. The molecule has 0 radical (unpaired) electrons. The molecule has 0 amide bonds. The Balaban J connectivity index is 2.36. The fraction of sp³-hybridized carbons (Fsp3) is 0.400. The van der Waals surface area contributed by atoms with E-state index >= 15 is 0 Å². The summed E-state index contributed by atoms with van der Waals surface area (Å²) in [7, 11) is -3.16. The number of hydrogen-bond donors (Lipinski definition) is 0. The van der Waals surface area contributed by atoms with Crippen LogP contribution in [0.4, 0.5) is 0 Å². The molecular weight excluding hydrogens is 351 g/mol. The van der Waals surface area contributed by atoms with Crippen LogP contribution in [-0.2, 0) is 13.6 Å². The van der Waals surface area contributed by atoms with Crippen molar-refractivity contribution in [2.75, 3.05) is 19.5 Å². The molecule has 3 nitrogen and oxygen atoms in total. The summed E-state index contributed by atoms with van der Waals surface area (Å²) in [6.45, 7) is 4.48. The van der Waals surface area contributed by atoms with E-state index in [2.05, 4.69) is 24.3 Å². The average Bonchev–Trinajstić information content (AvgIpc) is 2.64. The van der Waals surface area contributed by atoms with Gasteiger partial charge in [-0.05, 0) is 37.7 Å². The standard InChI is InChI=1S/C20H27O3PS/c1-4-22-24(21,23-5-2)20(25-3)16-19(17-12-8-6-9-13-17)18-14-10-7-11-15-18/h6-15,19-20H,4-5,16H2,1-3H3. The Morgan fingerprint density at radius 3 is 1.68 bits per heavy atom. The normalized spacial score (nSPS) is 13.1. The van der Waals surface area contributed by atoms with Gasteiger partial charge in [0.1, 0.15) is 4.99 Å². The van der Waals surface area contributed by atoms with Crippen LogP contribution in [0.25, 0.3) is 0 Å². The highest BCUT2D eigenvalue weighted by Crippen LogP contribution is 2.59. The molecule has 25 heavy (non-hydrogen) atoms. The molecule has 2 aromatic rings. The minimum Gasteiger partial charge on any atom is -0.308 e. The van der Waals surface area contributed by atoms with Gasteiger partial charge in [0.25, 0.3) is 0 Å². The topological polar surface area (TPSA) is 35.5 Å². The quantitative estimate of drug-likeness (QED) is 0.464. The summed E-state index contributed by atoms with van der Waals surface area (Å²) in [5.41, 5.74) is 2.43. The van der Waals surface area contributed by atoms with E-state index in [1.165, 1.54) is 11.1 Å². The lowest BCUT2D eigenvalue weighted by atomic mass is 9.89. The molecule has 1 atom stereocenters. The van der Waals surface area contributed by atoms with Gasteiger partial charge >= 0.3 is 7.60 Å². The zero-order valence-corrected chi connectivity index (χ0v) is 16.8. The number of thioether (sulfide) groups is 1. The number of benzene rings is 2. The van der Waals surface area contributed by atoms with Crippen LogP contribution in [0.15, 0.2) is 60.7 Å². The van der Waals surface area contributed by atoms with Crippen molar-refractivity contribution in [1.29, 1.82) is 0 Å². The van der Waals surface area contributed by atoms with Gasteiger partial charge in [-0.3, -0.25) is 4.57 Å². The molecule has 2 aromatic carbocycles. The average molecular weight is 378 g/mol.